The molecule has 3 aromatic rings. The van der Waals surface area contributed by atoms with E-state index in [0.29, 0.717) is 24.0 Å². The molecule has 1 saturated carbocycles. The summed E-state index contributed by atoms with van der Waals surface area (Å²) in [5.74, 6) is -0.0716. The minimum Gasteiger partial charge on any atom is -0.368 e. The molecule has 2 fully saturated rings. The maximum absolute atomic E-state index is 12.9. The van der Waals surface area contributed by atoms with Gasteiger partial charge in [0.2, 0.25) is 5.91 Å². The second kappa shape index (κ2) is 9.36. The number of amides is 1. The number of carbonyl (C=O) groups excluding carboxylic acids is 1. The van der Waals surface area contributed by atoms with E-state index in [9.17, 15) is 9.59 Å². The van der Waals surface area contributed by atoms with Crippen LogP contribution < -0.4 is 10.6 Å². The van der Waals surface area contributed by atoms with Gasteiger partial charge in [-0.15, -0.1) is 5.10 Å². The van der Waals surface area contributed by atoms with Gasteiger partial charge in [-0.05, 0) is 25.0 Å². The smallest absolute Gasteiger partial charge is 0.350 e. The van der Waals surface area contributed by atoms with Crippen molar-refractivity contribution in [2.24, 2.45) is 0 Å². The molecule has 1 saturated heterocycles. The van der Waals surface area contributed by atoms with Crippen molar-refractivity contribution < 1.29 is 4.79 Å². The fourth-order valence-corrected chi connectivity index (χ4v) is 5.78. The van der Waals surface area contributed by atoms with Gasteiger partial charge in [-0.1, -0.05) is 49.2 Å². The number of rotatable bonds is 5. The summed E-state index contributed by atoms with van der Waals surface area (Å²) in [5.41, 5.74) is 1.44. The highest BCUT2D eigenvalue weighted by Gasteiger charge is 2.24. The third-order valence-corrected chi connectivity index (χ3v) is 7.65. The zero-order valence-electron chi connectivity index (χ0n) is 18.1. The summed E-state index contributed by atoms with van der Waals surface area (Å²) in [4.78, 5) is 34.4. The molecule has 0 radical (unpaired) electrons. The van der Waals surface area contributed by atoms with Crippen LogP contribution in [-0.4, -0.2) is 61.4 Å². The van der Waals surface area contributed by atoms with Gasteiger partial charge in [0.15, 0.2) is 5.65 Å². The van der Waals surface area contributed by atoms with Crippen molar-refractivity contribution >= 4 is 29.0 Å². The molecule has 0 spiro atoms. The van der Waals surface area contributed by atoms with Crippen LogP contribution in [0.4, 0.5) is 5.69 Å². The number of hydrogen-bond donors (Lipinski definition) is 0. The van der Waals surface area contributed by atoms with Crippen molar-refractivity contribution in [1.82, 2.24) is 24.1 Å². The number of piperazine rings is 1. The van der Waals surface area contributed by atoms with Gasteiger partial charge < -0.3 is 9.80 Å². The average Bonchev–Trinajstić information content (AvgIpc) is 3.16. The summed E-state index contributed by atoms with van der Waals surface area (Å²) in [6, 6.07) is 10.2. The van der Waals surface area contributed by atoms with Crippen LogP contribution in [0, 0.1) is 0 Å². The Kier molecular flexibility index (Phi) is 6.16. The SMILES string of the molecule is O=C(Cn1nc2c(SC3CCCCC3)nccn2c1=O)N1CCN(c2ccccc2)CC1. The van der Waals surface area contributed by atoms with Crippen LogP contribution >= 0.6 is 11.8 Å². The molecule has 0 atom stereocenters. The van der Waals surface area contributed by atoms with Gasteiger partial charge in [0.05, 0.1) is 0 Å². The first kappa shape index (κ1) is 21.1. The van der Waals surface area contributed by atoms with Crippen LogP contribution in [0.1, 0.15) is 32.1 Å². The first-order valence-electron chi connectivity index (χ1n) is 11.4. The Morgan fingerprint density at radius 1 is 1.03 bits per heavy atom. The Balaban J connectivity index is 1.27. The maximum Gasteiger partial charge on any atom is 0.350 e. The second-order valence-corrected chi connectivity index (χ2v) is 9.74. The van der Waals surface area contributed by atoms with Gasteiger partial charge >= 0.3 is 5.69 Å². The van der Waals surface area contributed by atoms with Gasteiger partial charge in [0, 0.05) is 49.5 Å². The summed E-state index contributed by atoms with van der Waals surface area (Å²) in [6.07, 6.45) is 9.41. The molecule has 5 rings (SSSR count). The predicted octanol–water partition coefficient (Wildman–Crippen LogP) is 2.66. The molecule has 8 nitrogen and oxygen atoms in total. The maximum atomic E-state index is 12.9. The highest BCUT2D eigenvalue weighted by atomic mass is 32.2. The largest absolute Gasteiger partial charge is 0.368 e. The Hall–Kier alpha value is -2.81. The van der Waals surface area contributed by atoms with Gasteiger partial charge in [-0.3, -0.25) is 4.79 Å². The molecule has 0 N–H and O–H groups in total. The van der Waals surface area contributed by atoms with Gasteiger partial charge in [0.1, 0.15) is 11.6 Å². The van der Waals surface area contributed by atoms with E-state index in [2.05, 4.69) is 27.1 Å². The van der Waals surface area contributed by atoms with Crippen LogP contribution in [0.15, 0.2) is 52.5 Å². The highest BCUT2D eigenvalue weighted by Crippen LogP contribution is 2.33. The third-order valence-electron chi connectivity index (χ3n) is 6.34. The van der Waals surface area contributed by atoms with Crippen LogP contribution in [-0.2, 0) is 11.3 Å². The van der Waals surface area contributed by atoms with Crippen molar-refractivity contribution in [3.05, 3.63) is 53.2 Å². The fraction of sp³-hybridized carbons (Fsp3) is 0.478. The van der Waals surface area contributed by atoms with Crippen LogP contribution in [0.3, 0.4) is 0 Å². The van der Waals surface area contributed by atoms with E-state index in [1.54, 1.807) is 24.2 Å². The lowest BCUT2D eigenvalue weighted by molar-refractivity contribution is -0.132. The molecule has 1 amide bonds. The van der Waals surface area contributed by atoms with Crippen molar-refractivity contribution in [3.8, 4) is 0 Å². The normalized spacial score (nSPS) is 17.8. The molecule has 1 aliphatic carbocycles. The minimum absolute atomic E-state index is 0.0423. The number of nitrogens with zero attached hydrogens (tertiary/aromatic N) is 6. The zero-order valence-corrected chi connectivity index (χ0v) is 18.9. The quantitative estimate of drug-likeness (QED) is 0.593. The van der Waals surface area contributed by atoms with E-state index in [1.807, 2.05) is 23.1 Å². The lowest BCUT2D eigenvalue weighted by atomic mass is 10.0. The Morgan fingerprint density at radius 2 is 1.78 bits per heavy atom. The van der Waals surface area contributed by atoms with E-state index in [4.69, 9.17) is 0 Å². The minimum atomic E-state index is -0.288. The van der Waals surface area contributed by atoms with Crippen LogP contribution in [0.5, 0.6) is 0 Å². The molecule has 32 heavy (non-hydrogen) atoms. The highest BCUT2D eigenvalue weighted by molar-refractivity contribution is 8.00. The predicted molar refractivity (Wildman–Crippen MR) is 125 cm³/mol. The third kappa shape index (κ3) is 4.39. The van der Waals surface area contributed by atoms with E-state index in [0.717, 1.165) is 18.1 Å². The number of aromatic nitrogens is 4. The molecule has 2 aliphatic rings. The van der Waals surface area contributed by atoms with Crippen LogP contribution in [0.2, 0.25) is 0 Å². The summed E-state index contributed by atoms with van der Waals surface area (Å²) in [5, 5.41) is 5.80. The van der Waals surface area contributed by atoms with E-state index in [1.165, 1.54) is 46.9 Å². The second-order valence-electron chi connectivity index (χ2n) is 8.45. The summed E-state index contributed by atoms with van der Waals surface area (Å²) >= 11 is 1.71. The summed E-state index contributed by atoms with van der Waals surface area (Å²) < 4.78 is 2.80. The zero-order chi connectivity index (χ0) is 21.9. The fourth-order valence-electron chi connectivity index (χ4n) is 4.53. The van der Waals surface area contributed by atoms with Crippen molar-refractivity contribution in [2.75, 3.05) is 31.1 Å². The van der Waals surface area contributed by atoms with Gasteiger partial charge in [0.25, 0.3) is 0 Å². The average molecular weight is 453 g/mol. The molecule has 1 aromatic carbocycles. The Morgan fingerprint density at radius 3 is 2.53 bits per heavy atom. The van der Waals surface area contributed by atoms with Gasteiger partial charge in [-0.2, -0.15) is 0 Å². The number of fused-ring (bicyclic) bond motifs is 1. The molecular weight excluding hydrogens is 424 g/mol. The first-order chi connectivity index (χ1) is 15.7. The molecular formula is C23H28N6O2S. The molecule has 0 bridgehead atoms. The Labute approximate surface area is 191 Å². The van der Waals surface area contributed by atoms with Gasteiger partial charge in [-0.25, -0.2) is 18.9 Å². The summed E-state index contributed by atoms with van der Waals surface area (Å²) in [7, 11) is 0. The number of thioether (sulfide) groups is 1. The first-order valence-corrected chi connectivity index (χ1v) is 12.3. The molecule has 2 aromatic heterocycles. The van der Waals surface area contributed by atoms with E-state index >= 15 is 0 Å². The number of para-hydroxylation sites is 1. The molecule has 3 heterocycles. The number of anilines is 1. The lowest BCUT2D eigenvalue weighted by Gasteiger charge is -2.36. The molecule has 1 aliphatic heterocycles. The summed E-state index contributed by atoms with van der Waals surface area (Å²) in [6.45, 7) is 2.80. The number of carbonyl (C=O) groups is 1. The topological polar surface area (TPSA) is 75.7 Å². The van der Waals surface area contributed by atoms with Crippen LogP contribution in [0.25, 0.3) is 5.65 Å². The van der Waals surface area contributed by atoms with E-state index < -0.39 is 0 Å². The van der Waals surface area contributed by atoms with E-state index in [-0.39, 0.29) is 18.1 Å². The lowest BCUT2D eigenvalue weighted by Crippen LogP contribution is -2.50. The number of hydrogen-bond acceptors (Lipinski definition) is 6. The molecule has 0 unspecified atom stereocenters. The number of benzene rings is 1. The molecule has 168 valence electrons. The standard InChI is InChI=1S/C23H28N6O2S/c30-20(27-15-13-26(14-16-27)18-7-3-1-4-8-18)17-29-23(31)28-12-11-24-22(21(28)25-29)32-19-9-5-2-6-10-19/h1,3-4,7-8,11-12,19H,2,5-6,9-10,13-17H2. The van der Waals surface area contributed by atoms with Crippen molar-refractivity contribution in [3.63, 3.8) is 0 Å². The monoisotopic (exact) mass is 452 g/mol. The molecule has 9 heteroatoms. The Bertz CT molecular complexity index is 1130. The van der Waals surface area contributed by atoms with Crippen molar-refractivity contribution in [1.29, 1.82) is 0 Å². The van der Waals surface area contributed by atoms with Crippen molar-refractivity contribution in [2.45, 2.75) is 48.9 Å².